The third-order valence-corrected chi connectivity index (χ3v) is 6.91. The molecule has 2 aliphatic heterocycles. The topological polar surface area (TPSA) is 86.4 Å². The molecule has 1 atom stereocenters. The number of amides is 2. The number of fused-ring (bicyclic) bond motifs is 1. The third-order valence-electron chi connectivity index (χ3n) is 6.91. The summed E-state index contributed by atoms with van der Waals surface area (Å²) in [5.41, 5.74) is 3.39. The van der Waals surface area contributed by atoms with E-state index < -0.39 is 0 Å². The minimum absolute atomic E-state index is 0.0613. The van der Waals surface area contributed by atoms with Crippen molar-refractivity contribution in [2.75, 3.05) is 13.1 Å². The number of hydrogen-bond acceptors (Lipinski definition) is 4. The van der Waals surface area contributed by atoms with E-state index in [1.807, 2.05) is 41.0 Å². The van der Waals surface area contributed by atoms with Gasteiger partial charge in [-0.25, -0.2) is 4.98 Å². The van der Waals surface area contributed by atoms with Gasteiger partial charge in [0.1, 0.15) is 5.82 Å². The van der Waals surface area contributed by atoms with E-state index in [-0.39, 0.29) is 29.3 Å². The zero-order valence-corrected chi connectivity index (χ0v) is 18.6. The predicted molar refractivity (Wildman–Crippen MR) is 120 cm³/mol. The lowest BCUT2D eigenvalue weighted by molar-refractivity contribution is -0.134. The van der Waals surface area contributed by atoms with E-state index in [9.17, 15) is 14.4 Å². The molecule has 0 radical (unpaired) electrons. The number of aromatic nitrogens is 2. The van der Waals surface area contributed by atoms with Crippen LogP contribution < -0.4 is 5.56 Å². The van der Waals surface area contributed by atoms with Gasteiger partial charge >= 0.3 is 0 Å². The molecule has 2 fully saturated rings. The maximum absolute atomic E-state index is 13.2. The van der Waals surface area contributed by atoms with Crippen LogP contribution >= 0.6 is 0 Å². The Kier molecular flexibility index (Phi) is 5.57. The SMILES string of the molecule is Cc1cccc(CC(=O)N2CCCC[C@@H]2c2nc3c(c(=O)[nH]2)CCN(C(=O)C2CC2)C3)c1. The molecule has 2 amide bonds. The normalized spacial score (nSPS) is 20.7. The summed E-state index contributed by atoms with van der Waals surface area (Å²) in [6.07, 6.45) is 5.55. The number of carbonyl (C=O) groups is 2. The van der Waals surface area contributed by atoms with Gasteiger partial charge in [0.05, 0.1) is 24.7 Å². The van der Waals surface area contributed by atoms with E-state index in [0.717, 1.165) is 43.2 Å². The first-order chi connectivity index (χ1) is 15.5. The number of piperidine rings is 1. The largest absolute Gasteiger partial charge is 0.336 e. The van der Waals surface area contributed by atoms with Gasteiger partial charge in [0.25, 0.3) is 5.56 Å². The molecule has 0 unspecified atom stereocenters. The number of aryl methyl sites for hydroxylation is 1. The standard InChI is InChI=1S/C25H30N4O3/c1-16-5-4-6-17(13-16)14-22(30)29-11-3-2-7-21(29)23-26-20-15-28(25(32)18-8-9-18)12-10-19(20)24(31)27-23/h4-6,13,18,21H,2-3,7-12,14-15H2,1H3,(H,26,27,31)/t21-/m1/s1. The van der Waals surface area contributed by atoms with Gasteiger partial charge in [0.15, 0.2) is 0 Å². The second-order valence-electron chi connectivity index (χ2n) is 9.43. The molecule has 7 heteroatoms. The highest BCUT2D eigenvalue weighted by atomic mass is 16.2. The molecule has 1 saturated heterocycles. The number of nitrogens with zero attached hydrogens (tertiary/aromatic N) is 3. The van der Waals surface area contributed by atoms with Crippen molar-refractivity contribution in [1.82, 2.24) is 19.8 Å². The van der Waals surface area contributed by atoms with Crippen LogP contribution in [0.15, 0.2) is 29.1 Å². The first-order valence-corrected chi connectivity index (χ1v) is 11.8. The van der Waals surface area contributed by atoms with Crippen molar-refractivity contribution in [1.29, 1.82) is 0 Å². The van der Waals surface area contributed by atoms with Gasteiger partial charge in [-0.05, 0) is 51.0 Å². The summed E-state index contributed by atoms with van der Waals surface area (Å²) < 4.78 is 0. The molecule has 5 rings (SSSR count). The average molecular weight is 435 g/mol. The van der Waals surface area contributed by atoms with Gasteiger partial charge in [-0.15, -0.1) is 0 Å². The summed E-state index contributed by atoms with van der Waals surface area (Å²) in [4.78, 5) is 50.1. The fourth-order valence-corrected chi connectivity index (χ4v) is 5.01. The maximum atomic E-state index is 13.2. The molecule has 1 aromatic heterocycles. The van der Waals surface area contributed by atoms with E-state index >= 15 is 0 Å². The van der Waals surface area contributed by atoms with Crippen LogP contribution in [0.2, 0.25) is 0 Å². The number of likely N-dealkylation sites (tertiary alicyclic amines) is 1. The highest BCUT2D eigenvalue weighted by Crippen LogP contribution is 2.33. The Balaban J connectivity index is 1.39. The monoisotopic (exact) mass is 434 g/mol. The fraction of sp³-hybridized carbons (Fsp3) is 0.520. The van der Waals surface area contributed by atoms with Gasteiger partial charge in [0, 0.05) is 24.6 Å². The molecule has 0 spiro atoms. The molecule has 168 valence electrons. The van der Waals surface area contributed by atoms with Crippen LogP contribution in [0.1, 0.15) is 66.4 Å². The fourth-order valence-electron chi connectivity index (χ4n) is 5.01. The number of H-pyrrole nitrogens is 1. The predicted octanol–water partition coefficient (Wildman–Crippen LogP) is 2.67. The number of nitrogens with one attached hydrogen (secondary N) is 1. The lowest BCUT2D eigenvalue weighted by atomic mass is 9.98. The molecule has 3 aliphatic rings. The van der Waals surface area contributed by atoms with Crippen molar-refractivity contribution in [3.63, 3.8) is 0 Å². The van der Waals surface area contributed by atoms with Crippen LogP contribution in [0.4, 0.5) is 0 Å². The molecule has 0 bridgehead atoms. The minimum Gasteiger partial charge on any atom is -0.336 e. The van der Waals surface area contributed by atoms with Crippen LogP contribution in [0.5, 0.6) is 0 Å². The van der Waals surface area contributed by atoms with Crippen molar-refractivity contribution in [2.45, 2.75) is 64.5 Å². The second kappa shape index (κ2) is 8.52. The van der Waals surface area contributed by atoms with Gasteiger partial charge in [-0.1, -0.05) is 29.8 Å². The van der Waals surface area contributed by atoms with Gasteiger partial charge < -0.3 is 14.8 Å². The molecule has 7 nitrogen and oxygen atoms in total. The van der Waals surface area contributed by atoms with Crippen molar-refractivity contribution in [3.8, 4) is 0 Å². The Morgan fingerprint density at radius 2 is 2.00 bits per heavy atom. The van der Waals surface area contributed by atoms with Crippen molar-refractivity contribution in [2.24, 2.45) is 5.92 Å². The Morgan fingerprint density at radius 3 is 2.78 bits per heavy atom. The second-order valence-corrected chi connectivity index (χ2v) is 9.43. The highest BCUT2D eigenvalue weighted by Gasteiger charge is 2.36. The molecule has 1 aromatic carbocycles. The van der Waals surface area contributed by atoms with E-state index in [4.69, 9.17) is 4.98 Å². The number of hydrogen-bond donors (Lipinski definition) is 1. The van der Waals surface area contributed by atoms with E-state index in [2.05, 4.69) is 4.98 Å². The van der Waals surface area contributed by atoms with Gasteiger partial charge in [-0.3, -0.25) is 14.4 Å². The van der Waals surface area contributed by atoms with Crippen LogP contribution in [-0.4, -0.2) is 44.7 Å². The maximum Gasteiger partial charge on any atom is 0.254 e. The molecule has 2 aromatic rings. The number of aromatic amines is 1. The molecular formula is C25H30N4O3. The summed E-state index contributed by atoms with van der Waals surface area (Å²) in [7, 11) is 0. The number of carbonyl (C=O) groups excluding carboxylic acids is 2. The average Bonchev–Trinajstić information content (AvgIpc) is 3.63. The van der Waals surface area contributed by atoms with Crippen molar-refractivity contribution < 1.29 is 9.59 Å². The number of rotatable bonds is 4. The minimum atomic E-state index is -0.228. The molecular weight excluding hydrogens is 404 g/mol. The Hall–Kier alpha value is -2.96. The van der Waals surface area contributed by atoms with Gasteiger partial charge in [-0.2, -0.15) is 0 Å². The van der Waals surface area contributed by atoms with E-state index in [1.165, 1.54) is 0 Å². The van der Waals surface area contributed by atoms with Gasteiger partial charge in [0.2, 0.25) is 11.8 Å². The highest BCUT2D eigenvalue weighted by molar-refractivity contribution is 5.81. The smallest absolute Gasteiger partial charge is 0.254 e. The lowest BCUT2D eigenvalue weighted by Gasteiger charge is -2.36. The van der Waals surface area contributed by atoms with Crippen LogP contribution in [0.3, 0.4) is 0 Å². The van der Waals surface area contributed by atoms with Crippen LogP contribution in [-0.2, 0) is 29.0 Å². The number of benzene rings is 1. The Labute approximate surface area is 187 Å². The first kappa shape index (κ1) is 20.9. The Morgan fingerprint density at radius 1 is 1.16 bits per heavy atom. The van der Waals surface area contributed by atoms with Crippen LogP contribution in [0, 0.1) is 12.8 Å². The molecule has 32 heavy (non-hydrogen) atoms. The summed E-state index contributed by atoms with van der Waals surface area (Å²) in [5, 5.41) is 0. The zero-order valence-electron chi connectivity index (χ0n) is 18.6. The summed E-state index contributed by atoms with van der Waals surface area (Å²) in [5.74, 6) is 0.968. The quantitative estimate of drug-likeness (QED) is 0.802. The summed E-state index contributed by atoms with van der Waals surface area (Å²) in [6, 6.07) is 7.79. The summed E-state index contributed by atoms with van der Waals surface area (Å²) >= 11 is 0. The molecule has 1 saturated carbocycles. The van der Waals surface area contributed by atoms with E-state index in [0.29, 0.717) is 49.6 Å². The van der Waals surface area contributed by atoms with E-state index in [1.54, 1.807) is 0 Å². The van der Waals surface area contributed by atoms with Crippen molar-refractivity contribution in [3.05, 3.63) is 62.8 Å². The summed E-state index contributed by atoms with van der Waals surface area (Å²) in [6.45, 7) is 3.67. The van der Waals surface area contributed by atoms with Crippen LogP contribution in [0.25, 0.3) is 0 Å². The van der Waals surface area contributed by atoms with Crippen molar-refractivity contribution >= 4 is 11.8 Å². The lowest BCUT2D eigenvalue weighted by Crippen LogP contribution is -2.43. The third kappa shape index (κ3) is 4.20. The molecule has 1 aliphatic carbocycles. The molecule has 3 heterocycles. The molecule has 1 N–H and O–H groups in total. The Bertz CT molecular complexity index is 1100. The first-order valence-electron chi connectivity index (χ1n) is 11.8. The zero-order chi connectivity index (χ0) is 22.2.